The number of hydrogen-bond acceptors (Lipinski definition) is 4. The lowest BCUT2D eigenvalue weighted by molar-refractivity contribution is -0.115. The van der Waals surface area contributed by atoms with E-state index in [-0.39, 0.29) is 27.9 Å². The van der Waals surface area contributed by atoms with Gasteiger partial charge in [-0.25, -0.2) is 8.42 Å². The van der Waals surface area contributed by atoms with E-state index < -0.39 is 15.9 Å². The van der Waals surface area contributed by atoms with E-state index in [0.717, 1.165) is 12.8 Å². The van der Waals surface area contributed by atoms with Crippen molar-refractivity contribution < 1.29 is 18.0 Å². The van der Waals surface area contributed by atoms with Crippen LogP contribution in [0, 0.1) is 0 Å². The minimum Gasteiger partial charge on any atom is -0.323 e. The summed E-state index contributed by atoms with van der Waals surface area (Å²) in [5.41, 5.74) is 1.10. The number of benzene rings is 2. The third kappa shape index (κ3) is 3.28. The van der Waals surface area contributed by atoms with Gasteiger partial charge in [0.25, 0.3) is 5.91 Å². The number of para-hydroxylation sites is 2. The third-order valence-electron chi connectivity index (χ3n) is 4.89. The van der Waals surface area contributed by atoms with Gasteiger partial charge in [-0.15, -0.1) is 0 Å². The molecule has 2 amide bonds. The zero-order valence-corrected chi connectivity index (χ0v) is 16.5. The molecule has 146 valence electrons. The zero-order valence-electron chi connectivity index (χ0n) is 14.9. The Morgan fingerprint density at radius 3 is 2.54 bits per heavy atom. The first-order valence-corrected chi connectivity index (χ1v) is 10.7. The van der Waals surface area contributed by atoms with Crippen LogP contribution in [0.25, 0.3) is 0 Å². The SMILES string of the molecule is O=C1CN(C(=O)c2cc(S(=O)(=O)N3CCCC3)ccc2Cl)c2ccccc2N1. The van der Waals surface area contributed by atoms with Crippen molar-refractivity contribution in [2.75, 3.05) is 29.9 Å². The highest BCUT2D eigenvalue weighted by Gasteiger charge is 2.31. The van der Waals surface area contributed by atoms with E-state index in [0.29, 0.717) is 24.5 Å². The normalized spacial score (nSPS) is 17.3. The van der Waals surface area contributed by atoms with Gasteiger partial charge in [-0.2, -0.15) is 4.31 Å². The molecule has 9 heteroatoms. The second-order valence-electron chi connectivity index (χ2n) is 6.71. The van der Waals surface area contributed by atoms with E-state index in [9.17, 15) is 18.0 Å². The van der Waals surface area contributed by atoms with Gasteiger partial charge in [0.2, 0.25) is 15.9 Å². The summed E-state index contributed by atoms with van der Waals surface area (Å²) in [6.07, 6.45) is 1.64. The van der Waals surface area contributed by atoms with Crippen molar-refractivity contribution >= 4 is 44.8 Å². The molecule has 28 heavy (non-hydrogen) atoms. The summed E-state index contributed by atoms with van der Waals surface area (Å²) in [6, 6.07) is 11.0. The van der Waals surface area contributed by atoms with Crippen LogP contribution in [0.3, 0.4) is 0 Å². The molecule has 0 unspecified atom stereocenters. The fourth-order valence-electron chi connectivity index (χ4n) is 3.47. The summed E-state index contributed by atoms with van der Waals surface area (Å²) in [7, 11) is -3.69. The van der Waals surface area contributed by atoms with Crippen molar-refractivity contribution in [1.29, 1.82) is 0 Å². The predicted octanol–water partition coefficient (Wildman–Crippen LogP) is 2.72. The molecule has 2 aliphatic heterocycles. The highest BCUT2D eigenvalue weighted by molar-refractivity contribution is 7.89. The number of hydrogen-bond donors (Lipinski definition) is 1. The van der Waals surface area contributed by atoms with Gasteiger partial charge in [-0.05, 0) is 43.2 Å². The van der Waals surface area contributed by atoms with Crippen molar-refractivity contribution in [3.8, 4) is 0 Å². The third-order valence-corrected chi connectivity index (χ3v) is 7.11. The number of amides is 2. The van der Waals surface area contributed by atoms with Gasteiger partial charge >= 0.3 is 0 Å². The van der Waals surface area contributed by atoms with Crippen LogP contribution in [-0.4, -0.2) is 44.2 Å². The molecule has 1 saturated heterocycles. The molecule has 0 bridgehead atoms. The monoisotopic (exact) mass is 419 g/mol. The van der Waals surface area contributed by atoms with Gasteiger partial charge < -0.3 is 5.32 Å². The summed E-state index contributed by atoms with van der Waals surface area (Å²) in [6.45, 7) is 0.761. The molecule has 2 aromatic rings. The molecule has 1 fully saturated rings. The Morgan fingerprint density at radius 1 is 1.07 bits per heavy atom. The Labute approximate surface area is 167 Å². The summed E-state index contributed by atoms with van der Waals surface area (Å²) < 4.78 is 27.1. The lowest BCUT2D eigenvalue weighted by atomic mass is 10.1. The van der Waals surface area contributed by atoms with Crippen LogP contribution >= 0.6 is 11.6 Å². The van der Waals surface area contributed by atoms with Gasteiger partial charge in [0.15, 0.2) is 0 Å². The van der Waals surface area contributed by atoms with E-state index in [1.165, 1.54) is 27.4 Å². The van der Waals surface area contributed by atoms with Crippen LogP contribution in [0.2, 0.25) is 5.02 Å². The van der Waals surface area contributed by atoms with E-state index in [1.807, 2.05) is 0 Å². The molecule has 2 heterocycles. The first kappa shape index (κ1) is 18.9. The van der Waals surface area contributed by atoms with Gasteiger partial charge in [-0.1, -0.05) is 23.7 Å². The largest absolute Gasteiger partial charge is 0.323 e. The van der Waals surface area contributed by atoms with Crippen molar-refractivity contribution in [2.24, 2.45) is 0 Å². The van der Waals surface area contributed by atoms with Gasteiger partial charge in [0, 0.05) is 13.1 Å². The van der Waals surface area contributed by atoms with E-state index in [4.69, 9.17) is 11.6 Å². The summed E-state index contributed by atoms with van der Waals surface area (Å²) in [5.74, 6) is -0.852. The smallest absolute Gasteiger partial charge is 0.260 e. The maximum Gasteiger partial charge on any atom is 0.260 e. The number of anilines is 2. The first-order chi connectivity index (χ1) is 13.4. The summed E-state index contributed by atoms with van der Waals surface area (Å²) in [5, 5.41) is 2.85. The number of rotatable bonds is 3. The first-order valence-electron chi connectivity index (χ1n) is 8.88. The Balaban J connectivity index is 1.74. The Bertz CT molecular complexity index is 1060. The second-order valence-corrected chi connectivity index (χ2v) is 9.05. The Kier molecular flexibility index (Phi) is 4.86. The topological polar surface area (TPSA) is 86.8 Å². The molecule has 0 aliphatic carbocycles. The molecule has 0 saturated carbocycles. The standard InChI is InChI=1S/C19H18ClN3O4S/c20-15-8-7-13(28(26,27)22-9-3-4-10-22)11-14(15)19(25)23-12-18(24)21-16-5-1-2-6-17(16)23/h1-2,5-8,11H,3-4,9-10,12H2,(H,21,24). The average Bonchev–Trinajstić information content (AvgIpc) is 3.22. The number of nitrogens with zero attached hydrogens (tertiary/aromatic N) is 2. The minimum atomic E-state index is -3.69. The fraction of sp³-hybridized carbons (Fsp3) is 0.263. The highest BCUT2D eigenvalue weighted by atomic mass is 35.5. The van der Waals surface area contributed by atoms with E-state index >= 15 is 0 Å². The number of nitrogens with one attached hydrogen (secondary N) is 1. The van der Waals surface area contributed by atoms with Crippen molar-refractivity contribution in [3.63, 3.8) is 0 Å². The Morgan fingerprint density at radius 2 is 1.79 bits per heavy atom. The van der Waals surface area contributed by atoms with Gasteiger partial charge in [0.1, 0.15) is 6.54 Å². The van der Waals surface area contributed by atoms with Gasteiger partial charge in [0.05, 0.1) is 26.9 Å². The lowest BCUT2D eigenvalue weighted by Gasteiger charge is -2.29. The van der Waals surface area contributed by atoms with Crippen LogP contribution < -0.4 is 10.2 Å². The van der Waals surface area contributed by atoms with Gasteiger partial charge in [-0.3, -0.25) is 14.5 Å². The molecule has 2 aromatic carbocycles. The molecule has 0 spiro atoms. The molecule has 4 rings (SSSR count). The second kappa shape index (κ2) is 7.20. The molecular weight excluding hydrogens is 402 g/mol. The molecule has 0 atom stereocenters. The predicted molar refractivity (Wildman–Crippen MR) is 106 cm³/mol. The van der Waals surface area contributed by atoms with Crippen LogP contribution in [0.4, 0.5) is 11.4 Å². The maximum atomic E-state index is 13.2. The minimum absolute atomic E-state index is 0.0249. The van der Waals surface area contributed by atoms with Crippen LogP contribution in [0.1, 0.15) is 23.2 Å². The lowest BCUT2D eigenvalue weighted by Crippen LogP contribution is -2.42. The van der Waals surface area contributed by atoms with E-state index in [2.05, 4.69) is 5.32 Å². The van der Waals surface area contributed by atoms with E-state index in [1.54, 1.807) is 24.3 Å². The maximum absolute atomic E-state index is 13.2. The van der Waals surface area contributed by atoms with Crippen LogP contribution in [0.15, 0.2) is 47.4 Å². The summed E-state index contributed by atoms with van der Waals surface area (Å²) >= 11 is 6.23. The van der Waals surface area contributed by atoms with Crippen molar-refractivity contribution in [1.82, 2.24) is 4.31 Å². The highest BCUT2D eigenvalue weighted by Crippen LogP contribution is 2.32. The molecule has 0 radical (unpaired) electrons. The molecular formula is C19H18ClN3O4S. The van der Waals surface area contributed by atoms with Crippen LogP contribution in [-0.2, 0) is 14.8 Å². The number of carbonyl (C=O) groups excluding carboxylic acids is 2. The molecule has 0 aromatic heterocycles. The van der Waals surface area contributed by atoms with Crippen molar-refractivity contribution in [2.45, 2.75) is 17.7 Å². The Hall–Kier alpha value is -2.42. The fourth-order valence-corrected chi connectivity index (χ4v) is 5.21. The van der Waals surface area contributed by atoms with Crippen molar-refractivity contribution in [3.05, 3.63) is 53.1 Å². The number of sulfonamides is 1. The number of halogens is 1. The molecule has 1 N–H and O–H groups in total. The number of carbonyl (C=O) groups is 2. The van der Waals surface area contributed by atoms with Crippen LogP contribution in [0.5, 0.6) is 0 Å². The molecule has 2 aliphatic rings. The number of fused-ring (bicyclic) bond motifs is 1. The summed E-state index contributed by atoms with van der Waals surface area (Å²) in [4.78, 5) is 26.5. The quantitative estimate of drug-likeness (QED) is 0.828. The average molecular weight is 420 g/mol. The molecule has 7 nitrogen and oxygen atoms in total. The zero-order chi connectivity index (χ0) is 19.9.